The van der Waals surface area contributed by atoms with Crippen molar-refractivity contribution < 1.29 is 13.9 Å². The van der Waals surface area contributed by atoms with Gasteiger partial charge in [0.15, 0.2) is 17.9 Å². The number of likely N-dealkylation sites (N-methyl/N-ethyl adjacent to an activating group) is 1. The van der Waals surface area contributed by atoms with E-state index in [1.807, 2.05) is 18.2 Å². The highest BCUT2D eigenvalue weighted by Crippen LogP contribution is 2.61. The number of halogens is 1. The summed E-state index contributed by atoms with van der Waals surface area (Å²) in [6, 6.07) is 8.04. The number of carbonyl (C=O) groups excluding carboxylic acids is 1. The van der Waals surface area contributed by atoms with Gasteiger partial charge in [0, 0.05) is 12.5 Å². The summed E-state index contributed by atoms with van der Waals surface area (Å²) >= 11 is 0. The summed E-state index contributed by atoms with van der Waals surface area (Å²) in [4.78, 5) is 19.5. The number of nitrogens with two attached hydrogens (primary N) is 1. The van der Waals surface area contributed by atoms with Crippen LogP contribution in [0, 0.1) is 5.41 Å². The van der Waals surface area contributed by atoms with E-state index in [2.05, 4.69) is 6.07 Å². The monoisotopic (exact) mass is 345 g/mol. The molecule has 0 saturated heterocycles. The van der Waals surface area contributed by atoms with Crippen LogP contribution in [0.5, 0.6) is 0 Å². The van der Waals surface area contributed by atoms with Crippen molar-refractivity contribution in [3.8, 4) is 0 Å². The van der Waals surface area contributed by atoms with E-state index in [4.69, 9.17) is 15.5 Å². The molecule has 0 bridgehead atoms. The Morgan fingerprint density at radius 1 is 1.36 bits per heavy atom. The van der Waals surface area contributed by atoms with Crippen molar-refractivity contribution in [3.63, 3.8) is 0 Å². The number of alkyl halides is 1. The van der Waals surface area contributed by atoms with Gasteiger partial charge in [-0.1, -0.05) is 24.3 Å². The second-order valence-electron chi connectivity index (χ2n) is 7.54. The maximum atomic E-state index is 13.3. The molecule has 1 aromatic rings. The van der Waals surface area contributed by atoms with E-state index in [0.717, 1.165) is 37.7 Å². The van der Waals surface area contributed by atoms with Crippen LogP contribution in [0.4, 0.5) is 4.39 Å². The summed E-state index contributed by atoms with van der Waals surface area (Å²) in [6.07, 6.45) is 2.46. The summed E-state index contributed by atoms with van der Waals surface area (Å²) in [6.45, 7) is 1.41. The third-order valence-electron chi connectivity index (χ3n) is 6.21. The van der Waals surface area contributed by atoms with Crippen molar-refractivity contribution in [2.45, 2.75) is 57.0 Å². The van der Waals surface area contributed by atoms with Crippen molar-refractivity contribution in [1.29, 1.82) is 0 Å². The van der Waals surface area contributed by atoms with Crippen LogP contribution in [0.1, 0.15) is 43.7 Å². The Labute approximate surface area is 147 Å². The Morgan fingerprint density at radius 3 is 2.64 bits per heavy atom. The van der Waals surface area contributed by atoms with Crippen LogP contribution in [0.2, 0.25) is 0 Å². The van der Waals surface area contributed by atoms with Crippen molar-refractivity contribution in [1.82, 2.24) is 4.90 Å². The molecule has 1 saturated carbocycles. The van der Waals surface area contributed by atoms with Crippen LogP contribution in [-0.4, -0.2) is 36.3 Å². The molecule has 4 rings (SSSR count). The summed E-state index contributed by atoms with van der Waals surface area (Å²) in [5, 5.41) is 0. The van der Waals surface area contributed by atoms with E-state index in [1.54, 1.807) is 7.05 Å². The number of guanidine groups is 1. The molecule has 6 heteroatoms. The standard InChI is InChI=1S/C19H24FN3O2/c1-12(20)25-14-7-9-18(10-8-14)11-13-5-3-4-6-15(13)19(18)16(24)23(2)17(21)22-19/h3-6,12,14H,7-11H2,1-2H3,(H2,21,22). The van der Waals surface area contributed by atoms with Gasteiger partial charge in [-0.15, -0.1) is 0 Å². The largest absolute Gasteiger partial charge is 0.369 e. The van der Waals surface area contributed by atoms with E-state index < -0.39 is 11.9 Å². The van der Waals surface area contributed by atoms with Crippen molar-refractivity contribution in [3.05, 3.63) is 35.4 Å². The van der Waals surface area contributed by atoms with E-state index in [0.29, 0.717) is 0 Å². The van der Waals surface area contributed by atoms with E-state index in [9.17, 15) is 9.18 Å². The van der Waals surface area contributed by atoms with E-state index >= 15 is 0 Å². The molecule has 1 aliphatic heterocycles. The lowest BCUT2D eigenvalue weighted by molar-refractivity contribution is -0.140. The first kappa shape index (κ1) is 16.5. The molecule has 1 aromatic carbocycles. The number of aliphatic imine (C=N–C) groups is 1. The fraction of sp³-hybridized carbons (Fsp3) is 0.579. The number of benzene rings is 1. The van der Waals surface area contributed by atoms with Crippen LogP contribution < -0.4 is 5.73 Å². The Bertz CT molecular complexity index is 740. The van der Waals surface area contributed by atoms with Crippen molar-refractivity contribution >= 4 is 11.9 Å². The highest BCUT2D eigenvalue weighted by Gasteiger charge is 2.66. The maximum Gasteiger partial charge on any atom is 0.262 e. The average Bonchev–Trinajstić information content (AvgIpc) is 2.98. The normalized spacial score (nSPS) is 35.3. The van der Waals surface area contributed by atoms with Crippen LogP contribution >= 0.6 is 0 Å². The lowest BCUT2D eigenvalue weighted by Crippen LogP contribution is -2.51. The molecule has 134 valence electrons. The van der Waals surface area contributed by atoms with Gasteiger partial charge in [-0.2, -0.15) is 0 Å². The van der Waals surface area contributed by atoms with Gasteiger partial charge in [0.1, 0.15) is 0 Å². The topological polar surface area (TPSA) is 67.9 Å². The highest BCUT2D eigenvalue weighted by atomic mass is 19.1. The molecule has 3 aliphatic rings. The highest BCUT2D eigenvalue weighted by molar-refractivity contribution is 6.08. The molecule has 1 amide bonds. The van der Waals surface area contributed by atoms with Gasteiger partial charge in [-0.25, -0.2) is 9.38 Å². The zero-order valence-corrected chi connectivity index (χ0v) is 14.7. The van der Waals surface area contributed by atoms with Gasteiger partial charge in [0.2, 0.25) is 0 Å². The fourth-order valence-electron chi connectivity index (χ4n) is 5.05. The van der Waals surface area contributed by atoms with Crippen molar-refractivity contribution in [2.24, 2.45) is 16.1 Å². The van der Waals surface area contributed by atoms with Crippen LogP contribution in [0.15, 0.2) is 29.3 Å². The second kappa shape index (κ2) is 5.53. The van der Waals surface area contributed by atoms with E-state index in [-0.39, 0.29) is 23.4 Å². The number of fused-ring (bicyclic) bond motifs is 3. The number of hydrogen-bond acceptors (Lipinski definition) is 4. The first-order valence-electron chi connectivity index (χ1n) is 8.91. The summed E-state index contributed by atoms with van der Waals surface area (Å²) < 4.78 is 18.6. The second-order valence-corrected chi connectivity index (χ2v) is 7.54. The summed E-state index contributed by atoms with van der Waals surface area (Å²) in [5.41, 5.74) is 6.95. The predicted octanol–water partition coefficient (Wildman–Crippen LogP) is 2.49. The molecular formula is C19H24FN3O2. The van der Waals surface area contributed by atoms with Crippen molar-refractivity contribution in [2.75, 3.05) is 7.05 Å². The fourth-order valence-corrected chi connectivity index (χ4v) is 5.05. The third kappa shape index (κ3) is 2.16. The molecule has 0 radical (unpaired) electrons. The Morgan fingerprint density at radius 2 is 2.04 bits per heavy atom. The van der Waals surface area contributed by atoms with Crippen LogP contribution in [0.3, 0.4) is 0 Å². The molecule has 2 aliphatic carbocycles. The molecule has 5 nitrogen and oxygen atoms in total. The van der Waals surface area contributed by atoms with Crippen LogP contribution in [-0.2, 0) is 21.5 Å². The number of carbonyl (C=O) groups is 1. The van der Waals surface area contributed by atoms with Gasteiger partial charge < -0.3 is 10.5 Å². The molecule has 2 unspecified atom stereocenters. The average molecular weight is 345 g/mol. The Hall–Kier alpha value is -1.95. The molecule has 2 atom stereocenters. The molecule has 1 fully saturated rings. The first-order valence-corrected chi connectivity index (χ1v) is 8.91. The van der Waals surface area contributed by atoms with Gasteiger partial charge in [-0.05, 0) is 50.2 Å². The molecule has 0 aromatic heterocycles. The Balaban J connectivity index is 1.76. The number of nitrogens with zero attached hydrogens (tertiary/aromatic N) is 2. The molecule has 2 N–H and O–H groups in total. The van der Waals surface area contributed by atoms with E-state index in [1.165, 1.54) is 17.4 Å². The maximum absolute atomic E-state index is 13.3. The van der Waals surface area contributed by atoms with Gasteiger partial charge >= 0.3 is 0 Å². The van der Waals surface area contributed by atoms with Crippen LogP contribution in [0.25, 0.3) is 0 Å². The quantitative estimate of drug-likeness (QED) is 0.895. The predicted molar refractivity (Wildman–Crippen MR) is 92.6 cm³/mol. The zero-order valence-electron chi connectivity index (χ0n) is 14.7. The van der Waals surface area contributed by atoms with Gasteiger partial charge in [0.05, 0.1) is 6.10 Å². The first-order chi connectivity index (χ1) is 11.9. The minimum Gasteiger partial charge on any atom is -0.369 e. The molecule has 2 spiro atoms. The molecular weight excluding hydrogens is 321 g/mol. The minimum atomic E-state index is -1.26. The summed E-state index contributed by atoms with van der Waals surface area (Å²) in [7, 11) is 1.68. The molecule has 25 heavy (non-hydrogen) atoms. The van der Waals surface area contributed by atoms with Gasteiger partial charge in [-0.3, -0.25) is 9.69 Å². The zero-order chi connectivity index (χ0) is 17.8. The smallest absolute Gasteiger partial charge is 0.262 e. The lowest BCUT2D eigenvalue weighted by atomic mass is 9.61. The number of ether oxygens (including phenoxy) is 1. The SMILES string of the molecule is CC(F)OC1CCC2(CC1)Cc1ccccc1C21N=C(N)N(C)C1=O. The lowest BCUT2D eigenvalue weighted by Gasteiger charge is -2.45. The number of rotatable bonds is 2. The third-order valence-corrected chi connectivity index (χ3v) is 6.21. The van der Waals surface area contributed by atoms with Gasteiger partial charge in [0.25, 0.3) is 5.91 Å². The molecule has 1 heterocycles. The summed E-state index contributed by atoms with van der Waals surface area (Å²) in [5.74, 6) is 0.227. The Kier molecular flexibility index (Phi) is 3.65. The number of amides is 1. The minimum absolute atomic E-state index is 0.0480. The number of hydrogen-bond donors (Lipinski definition) is 1.